The first-order valence-electron chi connectivity index (χ1n) is 9.24. The van der Waals surface area contributed by atoms with Gasteiger partial charge in [-0.25, -0.2) is 8.42 Å². The smallest absolute Gasteiger partial charge is 0.251 e. The third kappa shape index (κ3) is 3.50. The van der Waals surface area contributed by atoms with Crippen molar-refractivity contribution in [3.63, 3.8) is 0 Å². The second-order valence-electron chi connectivity index (χ2n) is 7.57. The van der Waals surface area contributed by atoms with E-state index in [0.29, 0.717) is 26.1 Å². The Balaban J connectivity index is 1.36. The van der Waals surface area contributed by atoms with Crippen LogP contribution in [0.15, 0.2) is 24.4 Å². The van der Waals surface area contributed by atoms with Gasteiger partial charge in [-0.2, -0.15) is 4.31 Å². The maximum absolute atomic E-state index is 12.7. The van der Waals surface area contributed by atoms with E-state index in [4.69, 9.17) is 4.74 Å². The third-order valence-electron chi connectivity index (χ3n) is 5.60. The zero-order chi connectivity index (χ0) is 18.3. The lowest BCUT2D eigenvalue weighted by atomic mass is 9.92. The zero-order valence-electron chi connectivity index (χ0n) is 15.0. The number of carbonyl (C=O) groups is 1. The molecule has 3 fully saturated rings. The van der Waals surface area contributed by atoms with Gasteiger partial charge in [-0.15, -0.1) is 0 Å². The number of carbonyl (C=O) groups excluding carboxylic acids is 1. The second kappa shape index (κ2) is 6.90. The summed E-state index contributed by atoms with van der Waals surface area (Å²) < 4.78 is 32.5. The van der Waals surface area contributed by atoms with E-state index in [-0.39, 0.29) is 23.2 Å². The molecule has 1 aromatic rings. The Morgan fingerprint density at radius 2 is 2.15 bits per heavy atom. The molecule has 3 aliphatic rings. The molecule has 2 saturated heterocycles. The minimum atomic E-state index is -3.17. The van der Waals surface area contributed by atoms with Gasteiger partial charge < -0.3 is 9.64 Å². The molecule has 0 spiro atoms. The quantitative estimate of drug-likeness (QED) is 0.763. The van der Waals surface area contributed by atoms with E-state index in [0.717, 1.165) is 25.0 Å². The summed E-state index contributed by atoms with van der Waals surface area (Å²) in [5.41, 5.74) is 0.834. The number of rotatable bonds is 5. The Kier molecular flexibility index (Phi) is 4.75. The fourth-order valence-corrected chi connectivity index (χ4v) is 5.80. The fraction of sp³-hybridized carbons (Fsp3) is 0.667. The summed E-state index contributed by atoms with van der Waals surface area (Å²) >= 11 is 0. The van der Waals surface area contributed by atoms with Crippen LogP contribution in [0, 0.1) is 5.92 Å². The Bertz CT molecular complexity index is 766. The number of ether oxygens (including phenoxy) is 1. The second-order valence-corrected chi connectivity index (χ2v) is 9.78. The summed E-state index contributed by atoms with van der Waals surface area (Å²) in [7, 11) is -1.42. The van der Waals surface area contributed by atoms with Crippen molar-refractivity contribution < 1.29 is 17.9 Å². The lowest BCUT2D eigenvalue weighted by Crippen LogP contribution is -2.46. The van der Waals surface area contributed by atoms with Crippen LogP contribution < -0.4 is 0 Å². The minimum absolute atomic E-state index is 0.0540. The first kappa shape index (κ1) is 17.9. The lowest BCUT2D eigenvalue weighted by molar-refractivity contribution is -0.142. The highest BCUT2D eigenvalue weighted by molar-refractivity contribution is 7.90. The minimum Gasteiger partial charge on any atom is -0.363 e. The van der Waals surface area contributed by atoms with Crippen molar-refractivity contribution in [1.82, 2.24) is 14.2 Å². The van der Waals surface area contributed by atoms with Crippen LogP contribution in [0.2, 0.25) is 0 Å². The summed E-state index contributed by atoms with van der Waals surface area (Å²) in [5, 5.41) is -0.192. The first-order chi connectivity index (χ1) is 12.4. The molecule has 0 N–H and O–H groups in total. The molecule has 1 aromatic heterocycles. The topological polar surface area (TPSA) is 79.8 Å². The van der Waals surface area contributed by atoms with Gasteiger partial charge in [0.1, 0.15) is 6.10 Å². The van der Waals surface area contributed by atoms with E-state index in [9.17, 15) is 13.2 Å². The molecule has 3 atom stereocenters. The number of hydrogen-bond acceptors (Lipinski definition) is 5. The van der Waals surface area contributed by atoms with Crippen molar-refractivity contribution in [2.24, 2.45) is 5.92 Å². The van der Waals surface area contributed by atoms with E-state index in [1.165, 1.54) is 0 Å². The fourth-order valence-electron chi connectivity index (χ4n) is 3.93. The molecule has 2 aliphatic heterocycles. The Labute approximate surface area is 154 Å². The van der Waals surface area contributed by atoms with Crippen LogP contribution in [0.5, 0.6) is 0 Å². The molecule has 1 aliphatic carbocycles. The number of hydrogen-bond donors (Lipinski definition) is 0. The van der Waals surface area contributed by atoms with Crippen LogP contribution in [0.1, 0.15) is 31.4 Å². The van der Waals surface area contributed by atoms with Crippen molar-refractivity contribution in [1.29, 1.82) is 0 Å². The van der Waals surface area contributed by atoms with E-state index >= 15 is 0 Å². The van der Waals surface area contributed by atoms with Crippen molar-refractivity contribution in [3.8, 4) is 0 Å². The molecule has 142 valence electrons. The van der Waals surface area contributed by atoms with E-state index in [2.05, 4.69) is 4.98 Å². The third-order valence-corrected chi connectivity index (χ3v) is 7.96. The first-order valence-corrected chi connectivity index (χ1v) is 10.7. The predicted molar refractivity (Wildman–Crippen MR) is 95.6 cm³/mol. The van der Waals surface area contributed by atoms with Crippen LogP contribution >= 0.6 is 0 Å². The van der Waals surface area contributed by atoms with Crippen LogP contribution in [-0.4, -0.2) is 66.1 Å². The largest absolute Gasteiger partial charge is 0.363 e. The SMILES string of the molecule is CN(Cc1ccccn1)C(=O)[C@H]1C[C@@H]2CCN(S(=O)(=O)C3CC3)C[C@@H]2O1. The summed E-state index contributed by atoms with van der Waals surface area (Å²) in [5.74, 6) is 0.208. The molecule has 4 rings (SSSR count). The van der Waals surface area contributed by atoms with Crippen molar-refractivity contribution >= 4 is 15.9 Å². The molecule has 0 unspecified atom stereocenters. The standard InChI is InChI=1S/C18H25N3O4S/c1-20(11-14-4-2-3-8-19-14)18(22)16-10-13-7-9-21(12-17(13)25-16)26(23,24)15-5-6-15/h2-4,8,13,15-17H,5-7,9-12H2,1H3/t13-,16+,17-/m0/s1. The number of pyridine rings is 1. The number of likely N-dealkylation sites (N-methyl/N-ethyl adjacent to an activating group) is 1. The molecular weight excluding hydrogens is 354 g/mol. The zero-order valence-corrected chi connectivity index (χ0v) is 15.8. The van der Waals surface area contributed by atoms with Crippen LogP contribution in [0.4, 0.5) is 0 Å². The maximum atomic E-state index is 12.7. The van der Waals surface area contributed by atoms with Crippen LogP contribution in [0.3, 0.4) is 0 Å². The summed E-state index contributed by atoms with van der Waals surface area (Å²) in [6.07, 6.45) is 4.04. The normalized spacial score (nSPS) is 29.3. The van der Waals surface area contributed by atoms with Gasteiger partial charge in [0.2, 0.25) is 10.0 Å². The van der Waals surface area contributed by atoms with Gasteiger partial charge >= 0.3 is 0 Å². The van der Waals surface area contributed by atoms with Crippen LogP contribution in [0.25, 0.3) is 0 Å². The van der Waals surface area contributed by atoms with Gasteiger partial charge in [-0.05, 0) is 43.7 Å². The molecule has 7 nitrogen and oxygen atoms in total. The van der Waals surface area contributed by atoms with Crippen molar-refractivity contribution in [3.05, 3.63) is 30.1 Å². The number of fused-ring (bicyclic) bond motifs is 1. The molecule has 1 saturated carbocycles. The number of amides is 1. The average molecular weight is 379 g/mol. The molecule has 0 radical (unpaired) electrons. The van der Waals surface area contributed by atoms with Gasteiger partial charge in [0.25, 0.3) is 5.91 Å². The molecule has 8 heteroatoms. The monoisotopic (exact) mass is 379 g/mol. The molecular formula is C18H25N3O4S. The predicted octanol–water partition coefficient (Wildman–Crippen LogP) is 1.01. The number of piperidine rings is 1. The molecule has 0 bridgehead atoms. The Morgan fingerprint density at radius 3 is 2.85 bits per heavy atom. The Hall–Kier alpha value is -1.51. The maximum Gasteiger partial charge on any atom is 0.251 e. The number of aromatic nitrogens is 1. The summed E-state index contributed by atoms with van der Waals surface area (Å²) in [4.78, 5) is 18.6. The lowest BCUT2D eigenvalue weighted by Gasteiger charge is -2.33. The van der Waals surface area contributed by atoms with Gasteiger partial charge in [0.15, 0.2) is 0 Å². The molecule has 3 heterocycles. The van der Waals surface area contributed by atoms with Gasteiger partial charge in [-0.1, -0.05) is 6.07 Å². The summed E-state index contributed by atoms with van der Waals surface area (Å²) in [6, 6.07) is 5.63. The molecule has 26 heavy (non-hydrogen) atoms. The van der Waals surface area contributed by atoms with Gasteiger partial charge in [-0.3, -0.25) is 9.78 Å². The van der Waals surface area contributed by atoms with E-state index < -0.39 is 16.1 Å². The summed E-state index contributed by atoms with van der Waals surface area (Å²) in [6.45, 7) is 1.38. The number of nitrogens with zero attached hydrogens (tertiary/aromatic N) is 3. The molecule has 0 aromatic carbocycles. The average Bonchev–Trinajstić information content (AvgIpc) is 3.41. The molecule has 1 amide bonds. The van der Waals surface area contributed by atoms with E-state index in [1.807, 2.05) is 18.2 Å². The highest BCUT2D eigenvalue weighted by atomic mass is 32.2. The highest BCUT2D eigenvalue weighted by Gasteiger charge is 2.47. The van der Waals surface area contributed by atoms with E-state index in [1.54, 1.807) is 22.4 Å². The van der Waals surface area contributed by atoms with Crippen LogP contribution in [-0.2, 0) is 26.1 Å². The number of sulfonamides is 1. The van der Waals surface area contributed by atoms with Gasteiger partial charge in [0, 0.05) is 26.3 Å². The highest BCUT2D eigenvalue weighted by Crippen LogP contribution is 2.38. The van der Waals surface area contributed by atoms with Crippen molar-refractivity contribution in [2.75, 3.05) is 20.1 Å². The van der Waals surface area contributed by atoms with Crippen molar-refractivity contribution in [2.45, 2.75) is 49.7 Å². The Morgan fingerprint density at radius 1 is 1.35 bits per heavy atom. The van der Waals surface area contributed by atoms with Gasteiger partial charge in [0.05, 0.1) is 23.6 Å².